The molecular weight excluding hydrogens is 234 g/mol. The van der Waals surface area contributed by atoms with Gasteiger partial charge in [0.05, 0.1) is 0 Å². The predicted octanol–water partition coefficient (Wildman–Crippen LogP) is 3.35. The molecule has 96 valence electrons. The lowest BCUT2D eigenvalue weighted by molar-refractivity contribution is -0.139. The third-order valence-corrected chi connectivity index (χ3v) is 3.97. The lowest BCUT2D eigenvalue weighted by Gasteiger charge is -2.19. The van der Waals surface area contributed by atoms with E-state index in [9.17, 15) is 4.79 Å². The number of aliphatic carboxylic acids is 1. The Morgan fingerprint density at radius 1 is 1.53 bits per heavy atom. The summed E-state index contributed by atoms with van der Waals surface area (Å²) in [5.74, 6) is -0.751. The van der Waals surface area contributed by atoms with Gasteiger partial charge in [0.2, 0.25) is 0 Å². The smallest absolute Gasteiger partial charge is 0.320 e. The number of aryl methyl sites for hydroxylation is 1. The van der Waals surface area contributed by atoms with Crippen LogP contribution in [0, 0.1) is 6.92 Å². The van der Waals surface area contributed by atoms with Crippen LogP contribution >= 0.6 is 11.3 Å². The molecule has 1 rings (SSSR count). The van der Waals surface area contributed by atoms with Gasteiger partial charge in [0.15, 0.2) is 0 Å². The Balaban J connectivity index is 2.57. The van der Waals surface area contributed by atoms with Gasteiger partial charge in [-0.15, -0.1) is 11.3 Å². The number of rotatable bonds is 7. The maximum atomic E-state index is 11.1. The minimum absolute atomic E-state index is 0.103. The molecule has 3 nitrogen and oxygen atoms in total. The first-order chi connectivity index (χ1) is 8.04. The van der Waals surface area contributed by atoms with Gasteiger partial charge in [-0.1, -0.05) is 19.8 Å². The summed E-state index contributed by atoms with van der Waals surface area (Å²) in [4.78, 5) is 13.6. The summed E-state index contributed by atoms with van der Waals surface area (Å²) in [6, 6.07) is 3.80. The minimum atomic E-state index is -0.751. The molecule has 2 N–H and O–H groups in total. The summed E-state index contributed by atoms with van der Waals surface area (Å²) in [6.45, 7) is 6.16. The highest BCUT2D eigenvalue weighted by atomic mass is 32.1. The summed E-state index contributed by atoms with van der Waals surface area (Å²) >= 11 is 1.72. The number of carboxylic acid groups (broad SMARTS) is 1. The number of unbranched alkanes of at least 4 members (excludes halogenated alkanes) is 1. The summed E-state index contributed by atoms with van der Waals surface area (Å²) in [6.07, 6.45) is 2.67. The third kappa shape index (κ3) is 4.48. The van der Waals surface area contributed by atoms with Crippen molar-refractivity contribution in [3.8, 4) is 0 Å². The summed E-state index contributed by atoms with van der Waals surface area (Å²) < 4.78 is 0. The highest BCUT2D eigenvalue weighted by Gasteiger charge is 2.20. The van der Waals surface area contributed by atoms with E-state index in [2.05, 4.69) is 31.3 Å². The van der Waals surface area contributed by atoms with Crippen molar-refractivity contribution in [2.24, 2.45) is 0 Å². The molecule has 1 heterocycles. The Morgan fingerprint density at radius 2 is 2.24 bits per heavy atom. The van der Waals surface area contributed by atoms with Crippen LogP contribution in [0.2, 0.25) is 0 Å². The van der Waals surface area contributed by atoms with Crippen molar-refractivity contribution >= 4 is 17.3 Å². The Labute approximate surface area is 107 Å². The van der Waals surface area contributed by atoms with E-state index < -0.39 is 12.0 Å². The minimum Gasteiger partial charge on any atom is -0.480 e. The molecule has 0 saturated heterocycles. The van der Waals surface area contributed by atoms with Gasteiger partial charge in [-0.2, -0.15) is 0 Å². The van der Waals surface area contributed by atoms with Crippen LogP contribution in [0.15, 0.2) is 12.1 Å². The second kappa shape index (κ2) is 6.77. The summed E-state index contributed by atoms with van der Waals surface area (Å²) in [5.41, 5.74) is 0. The molecule has 1 aromatic heterocycles. The highest BCUT2D eigenvalue weighted by Crippen LogP contribution is 2.23. The molecule has 0 fully saturated rings. The molecule has 1 aromatic rings. The fraction of sp³-hybridized carbons (Fsp3) is 0.615. The number of nitrogens with one attached hydrogen (secondary N) is 1. The van der Waals surface area contributed by atoms with Gasteiger partial charge >= 0.3 is 5.97 Å². The number of thiophene rings is 1. The zero-order valence-corrected chi connectivity index (χ0v) is 11.5. The molecule has 0 spiro atoms. The Bertz CT molecular complexity index is 362. The van der Waals surface area contributed by atoms with Gasteiger partial charge in [0.1, 0.15) is 6.04 Å². The van der Waals surface area contributed by atoms with Crippen molar-refractivity contribution in [2.45, 2.75) is 52.1 Å². The van der Waals surface area contributed by atoms with Crippen LogP contribution in [-0.2, 0) is 4.79 Å². The second-order valence-electron chi connectivity index (χ2n) is 4.37. The van der Waals surface area contributed by atoms with Crippen molar-refractivity contribution in [2.75, 3.05) is 0 Å². The lowest BCUT2D eigenvalue weighted by atomic mass is 10.1. The van der Waals surface area contributed by atoms with Gasteiger partial charge in [-0.25, -0.2) is 0 Å². The molecule has 0 aromatic carbocycles. The predicted molar refractivity (Wildman–Crippen MR) is 71.6 cm³/mol. The van der Waals surface area contributed by atoms with Crippen LogP contribution in [-0.4, -0.2) is 17.1 Å². The van der Waals surface area contributed by atoms with Crippen molar-refractivity contribution in [1.29, 1.82) is 0 Å². The van der Waals surface area contributed by atoms with Crippen LogP contribution in [0.25, 0.3) is 0 Å². The first-order valence-electron chi connectivity index (χ1n) is 6.09. The molecule has 2 unspecified atom stereocenters. The molecule has 17 heavy (non-hydrogen) atoms. The maximum Gasteiger partial charge on any atom is 0.320 e. The van der Waals surface area contributed by atoms with E-state index in [0.29, 0.717) is 6.42 Å². The van der Waals surface area contributed by atoms with Crippen molar-refractivity contribution in [1.82, 2.24) is 5.32 Å². The van der Waals surface area contributed by atoms with E-state index >= 15 is 0 Å². The van der Waals surface area contributed by atoms with Gasteiger partial charge in [-0.3, -0.25) is 10.1 Å². The van der Waals surface area contributed by atoms with Crippen LogP contribution < -0.4 is 5.32 Å². The molecule has 4 heteroatoms. The standard InChI is InChI=1S/C13H21NO2S/c1-4-5-6-11(13(15)16)14-10(3)12-8-7-9(2)17-12/h7-8,10-11,14H,4-6H2,1-3H3,(H,15,16). The van der Waals surface area contributed by atoms with Gasteiger partial charge in [0.25, 0.3) is 0 Å². The molecule has 0 aliphatic rings. The summed E-state index contributed by atoms with van der Waals surface area (Å²) in [7, 11) is 0. The Morgan fingerprint density at radius 3 is 2.71 bits per heavy atom. The number of carboxylic acids is 1. The largest absolute Gasteiger partial charge is 0.480 e. The Kier molecular flexibility index (Phi) is 5.65. The van der Waals surface area contributed by atoms with Gasteiger partial charge < -0.3 is 5.11 Å². The van der Waals surface area contributed by atoms with Gasteiger partial charge in [0, 0.05) is 15.8 Å². The van der Waals surface area contributed by atoms with E-state index in [0.717, 1.165) is 12.8 Å². The van der Waals surface area contributed by atoms with Crippen molar-refractivity contribution in [3.05, 3.63) is 21.9 Å². The SMILES string of the molecule is CCCCC(NC(C)c1ccc(C)s1)C(=O)O. The average Bonchev–Trinajstić information content (AvgIpc) is 2.70. The second-order valence-corrected chi connectivity index (χ2v) is 5.69. The monoisotopic (exact) mass is 255 g/mol. The summed E-state index contributed by atoms with van der Waals surface area (Å²) in [5, 5.41) is 12.3. The normalized spacial score (nSPS) is 14.5. The van der Waals surface area contributed by atoms with Crippen LogP contribution in [0.1, 0.15) is 48.9 Å². The first kappa shape index (κ1) is 14.2. The third-order valence-electron chi connectivity index (χ3n) is 2.78. The van der Waals surface area contributed by atoms with Crippen LogP contribution in [0.3, 0.4) is 0 Å². The van der Waals surface area contributed by atoms with E-state index in [1.807, 2.05) is 6.92 Å². The molecule has 2 atom stereocenters. The van der Waals surface area contributed by atoms with E-state index in [4.69, 9.17) is 5.11 Å². The van der Waals surface area contributed by atoms with E-state index in [1.165, 1.54) is 9.75 Å². The molecule has 0 saturated carbocycles. The fourth-order valence-electron chi connectivity index (χ4n) is 1.76. The molecule has 0 amide bonds. The lowest BCUT2D eigenvalue weighted by Crippen LogP contribution is -2.38. The molecule has 0 bridgehead atoms. The van der Waals surface area contributed by atoms with E-state index in [-0.39, 0.29) is 6.04 Å². The molecule has 0 aliphatic heterocycles. The van der Waals surface area contributed by atoms with Gasteiger partial charge in [-0.05, 0) is 32.4 Å². The molecular formula is C13H21NO2S. The average molecular weight is 255 g/mol. The van der Waals surface area contributed by atoms with Crippen LogP contribution in [0.4, 0.5) is 0 Å². The topological polar surface area (TPSA) is 49.3 Å². The quantitative estimate of drug-likeness (QED) is 0.785. The zero-order valence-electron chi connectivity index (χ0n) is 10.7. The fourth-order valence-corrected chi connectivity index (χ4v) is 2.65. The highest BCUT2D eigenvalue weighted by molar-refractivity contribution is 7.12. The Hall–Kier alpha value is -0.870. The zero-order chi connectivity index (χ0) is 12.8. The number of carbonyl (C=O) groups is 1. The first-order valence-corrected chi connectivity index (χ1v) is 6.91. The number of hydrogen-bond donors (Lipinski definition) is 2. The van der Waals surface area contributed by atoms with Crippen molar-refractivity contribution < 1.29 is 9.90 Å². The number of hydrogen-bond acceptors (Lipinski definition) is 3. The maximum absolute atomic E-state index is 11.1. The van der Waals surface area contributed by atoms with E-state index in [1.54, 1.807) is 11.3 Å². The molecule has 0 radical (unpaired) electrons. The van der Waals surface area contributed by atoms with Crippen molar-refractivity contribution in [3.63, 3.8) is 0 Å². The van der Waals surface area contributed by atoms with Crippen LogP contribution in [0.5, 0.6) is 0 Å². The molecule has 0 aliphatic carbocycles.